The fourth-order valence-electron chi connectivity index (χ4n) is 1.59. The van der Waals surface area contributed by atoms with Gasteiger partial charge in [-0.15, -0.1) is 0 Å². The van der Waals surface area contributed by atoms with Crippen molar-refractivity contribution in [3.05, 3.63) is 41.7 Å². The Morgan fingerprint density at radius 3 is 2.63 bits per heavy atom. The second kappa shape index (κ2) is 5.51. The molecule has 1 amide bonds. The molecule has 0 radical (unpaired) electrons. The Kier molecular flexibility index (Phi) is 3.79. The quantitative estimate of drug-likeness (QED) is 0.877. The van der Waals surface area contributed by atoms with Crippen molar-refractivity contribution in [3.63, 3.8) is 0 Å². The number of oxazole rings is 1. The molecular formula is C13H16N4O2. The molecule has 0 saturated carbocycles. The number of aromatic nitrogens is 2. The van der Waals surface area contributed by atoms with E-state index < -0.39 is 0 Å². The Morgan fingerprint density at radius 2 is 2.11 bits per heavy atom. The van der Waals surface area contributed by atoms with E-state index in [0.717, 1.165) is 5.76 Å². The summed E-state index contributed by atoms with van der Waals surface area (Å²) >= 11 is 0. The lowest BCUT2D eigenvalue weighted by atomic mass is 10.2. The molecule has 2 N–H and O–H groups in total. The van der Waals surface area contributed by atoms with Gasteiger partial charge in [0.05, 0.1) is 11.8 Å². The number of anilines is 1. The number of rotatable bonds is 4. The van der Waals surface area contributed by atoms with Crippen LogP contribution in [0.3, 0.4) is 0 Å². The van der Waals surface area contributed by atoms with Crippen molar-refractivity contribution in [2.45, 2.75) is 19.9 Å². The lowest BCUT2D eigenvalue weighted by molar-refractivity contribution is 0.0933. The minimum atomic E-state index is -0.287. The molecule has 0 aromatic carbocycles. The summed E-state index contributed by atoms with van der Waals surface area (Å²) in [6, 6.07) is 3.17. The third kappa shape index (κ3) is 3.09. The van der Waals surface area contributed by atoms with Crippen molar-refractivity contribution in [3.8, 4) is 0 Å². The molecule has 19 heavy (non-hydrogen) atoms. The fraction of sp³-hybridized carbons (Fsp3) is 0.308. The van der Waals surface area contributed by atoms with Crippen LogP contribution in [0.5, 0.6) is 0 Å². The summed E-state index contributed by atoms with van der Waals surface area (Å²) in [5.41, 5.74) is 0.495. The highest BCUT2D eigenvalue weighted by Gasteiger charge is 2.15. The summed E-state index contributed by atoms with van der Waals surface area (Å²) in [5.74, 6) is 1.72. The van der Waals surface area contributed by atoms with Crippen LogP contribution in [0.25, 0.3) is 0 Å². The average molecular weight is 260 g/mol. The minimum Gasteiger partial charge on any atom is -0.444 e. The van der Waals surface area contributed by atoms with Crippen molar-refractivity contribution >= 4 is 11.7 Å². The van der Waals surface area contributed by atoms with Gasteiger partial charge in [-0.25, -0.2) is 9.97 Å². The number of hydrogen-bond acceptors (Lipinski definition) is 5. The summed E-state index contributed by atoms with van der Waals surface area (Å²) in [6.07, 6.45) is 3.15. The third-order valence-electron chi connectivity index (χ3n) is 2.64. The molecule has 2 rings (SSSR count). The van der Waals surface area contributed by atoms with Gasteiger partial charge in [-0.3, -0.25) is 4.79 Å². The maximum absolute atomic E-state index is 12.0. The second-order valence-electron chi connectivity index (χ2n) is 4.19. The summed E-state index contributed by atoms with van der Waals surface area (Å²) in [7, 11) is 1.77. The molecule has 6 nitrogen and oxygen atoms in total. The van der Waals surface area contributed by atoms with Gasteiger partial charge in [0.25, 0.3) is 5.91 Å². The Hall–Kier alpha value is -2.37. The van der Waals surface area contributed by atoms with Gasteiger partial charge in [0.15, 0.2) is 0 Å². The molecule has 0 aliphatic heterocycles. The maximum atomic E-state index is 12.0. The Morgan fingerprint density at radius 1 is 1.32 bits per heavy atom. The molecule has 1 unspecified atom stereocenters. The lowest BCUT2D eigenvalue weighted by Gasteiger charge is -2.10. The molecule has 2 heterocycles. The van der Waals surface area contributed by atoms with Crippen LogP contribution in [0.2, 0.25) is 0 Å². The van der Waals surface area contributed by atoms with Crippen LogP contribution in [-0.2, 0) is 0 Å². The summed E-state index contributed by atoms with van der Waals surface area (Å²) in [4.78, 5) is 20.2. The Labute approximate surface area is 111 Å². The third-order valence-corrected chi connectivity index (χ3v) is 2.64. The second-order valence-corrected chi connectivity index (χ2v) is 4.19. The van der Waals surface area contributed by atoms with Gasteiger partial charge in [0.2, 0.25) is 5.89 Å². The zero-order valence-corrected chi connectivity index (χ0v) is 11.1. The van der Waals surface area contributed by atoms with E-state index in [1.807, 2.05) is 13.8 Å². The van der Waals surface area contributed by atoms with Gasteiger partial charge >= 0.3 is 0 Å². The molecule has 0 fully saturated rings. The zero-order valence-electron chi connectivity index (χ0n) is 11.1. The van der Waals surface area contributed by atoms with Crippen molar-refractivity contribution in [2.75, 3.05) is 12.4 Å². The monoisotopic (exact) mass is 260 g/mol. The molecule has 1 atom stereocenters. The van der Waals surface area contributed by atoms with Gasteiger partial charge in [0.1, 0.15) is 17.6 Å². The first-order chi connectivity index (χ1) is 9.10. The van der Waals surface area contributed by atoms with Gasteiger partial charge < -0.3 is 15.1 Å². The van der Waals surface area contributed by atoms with E-state index >= 15 is 0 Å². The maximum Gasteiger partial charge on any atom is 0.253 e. The van der Waals surface area contributed by atoms with Crippen LogP contribution >= 0.6 is 0 Å². The van der Waals surface area contributed by atoms with Gasteiger partial charge in [-0.05, 0) is 26.0 Å². The smallest absolute Gasteiger partial charge is 0.253 e. The van der Waals surface area contributed by atoms with E-state index in [2.05, 4.69) is 20.6 Å². The van der Waals surface area contributed by atoms with E-state index in [-0.39, 0.29) is 11.9 Å². The van der Waals surface area contributed by atoms with Crippen molar-refractivity contribution in [1.29, 1.82) is 0 Å². The highest BCUT2D eigenvalue weighted by atomic mass is 16.4. The van der Waals surface area contributed by atoms with Crippen LogP contribution in [0, 0.1) is 6.92 Å². The van der Waals surface area contributed by atoms with Crippen LogP contribution in [0.4, 0.5) is 5.82 Å². The Balaban J connectivity index is 2.03. The van der Waals surface area contributed by atoms with E-state index in [0.29, 0.717) is 17.3 Å². The van der Waals surface area contributed by atoms with Crippen molar-refractivity contribution < 1.29 is 9.21 Å². The molecule has 2 aromatic heterocycles. The highest BCUT2D eigenvalue weighted by Crippen LogP contribution is 2.13. The van der Waals surface area contributed by atoms with Crippen LogP contribution in [-0.4, -0.2) is 22.9 Å². The van der Waals surface area contributed by atoms with Crippen LogP contribution in [0.15, 0.2) is 28.9 Å². The summed E-state index contributed by atoms with van der Waals surface area (Å²) in [5, 5.41) is 5.70. The number of hydrogen-bond donors (Lipinski definition) is 2. The van der Waals surface area contributed by atoms with Crippen molar-refractivity contribution in [1.82, 2.24) is 15.3 Å². The number of nitrogens with one attached hydrogen (secondary N) is 2. The molecule has 0 aliphatic carbocycles. The Bertz CT molecular complexity index is 562. The molecular weight excluding hydrogens is 244 g/mol. The van der Waals surface area contributed by atoms with Crippen LogP contribution < -0.4 is 10.6 Å². The predicted octanol–water partition coefficient (Wildman–Crippen LogP) is 1.91. The molecule has 0 saturated heterocycles. The number of aryl methyl sites for hydroxylation is 1. The molecule has 100 valence electrons. The SMILES string of the molecule is CNc1ccc(C(=O)NC(C)c2ncc(C)o2)cn1. The normalized spacial score (nSPS) is 11.9. The molecule has 6 heteroatoms. The van der Waals surface area contributed by atoms with Crippen molar-refractivity contribution in [2.24, 2.45) is 0 Å². The number of nitrogens with zero attached hydrogens (tertiary/aromatic N) is 2. The summed E-state index contributed by atoms with van der Waals surface area (Å²) in [6.45, 7) is 3.63. The van der Waals surface area contributed by atoms with Crippen LogP contribution in [0.1, 0.15) is 35.0 Å². The first kappa shape index (κ1) is 13.1. The predicted molar refractivity (Wildman–Crippen MR) is 70.9 cm³/mol. The first-order valence-corrected chi connectivity index (χ1v) is 5.97. The molecule has 2 aromatic rings. The van der Waals surface area contributed by atoms with Gasteiger partial charge in [-0.2, -0.15) is 0 Å². The number of pyridine rings is 1. The van der Waals surface area contributed by atoms with E-state index in [4.69, 9.17) is 4.42 Å². The number of carbonyl (C=O) groups is 1. The number of carbonyl (C=O) groups excluding carboxylic acids is 1. The topological polar surface area (TPSA) is 80.0 Å². The largest absolute Gasteiger partial charge is 0.444 e. The summed E-state index contributed by atoms with van der Waals surface area (Å²) < 4.78 is 5.37. The van der Waals surface area contributed by atoms with E-state index in [1.54, 1.807) is 25.4 Å². The zero-order chi connectivity index (χ0) is 13.8. The minimum absolute atomic E-state index is 0.210. The number of amides is 1. The molecule has 0 spiro atoms. The first-order valence-electron chi connectivity index (χ1n) is 5.97. The average Bonchev–Trinajstić information content (AvgIpc) is 2.85. The van der Waals surface area contributed by atoms with Gasteiger partial charge in [0, 0.05) is 13.2 Å². The molecule has 0 aliphatic rings. The highest BCUT2D eigenvalue weighted by molar-refractivity contribution is 5.94. The standard InChI is InChI=1S/C13H16N4O2/c1-8-6-16-13(19-8)9(2)17-12(18)10-4-5-11(14-3)15-7-10/h4-7,9H,1-3H3,(H,14,15)(H,17,18). The van der Waals surface area contributed by atoms with Gasteiger partial charge in [-0.1, -0.05) is 0 Å². The van der Waals surface area contributed by atoms with E-state index in [1.165, 1.54) is 6.20 Å². The van der Waals surface area contributed by atoms with E-state index in [9.17, 15) is 4.79 Å². The lowest BCUT2D eigenvalue weighted by Crippen LogP contribution is -2.26. The molecule has 0 bridgehead atoms. The fourth-order valence-corrected chi connectivity index (χ4v) is 1.59.